The number of hydrogen-bond acceptors (Lipinski definition) is 5. The lowest BCUT2D eigenvalue weighted by Gasteiger charge is -2.23. The van der Waals surface area contributed by atoms with Gasteiger partial charge in [0.25, 0.3) is 0 Å². The second-order valence-electron chi connectivity index (χ2n) is 4.42. The predicted octanol–water partition coefficient (Wildman–Crippen LogP) is 2.79. The molecular formula is C12H19ClN4O2. The minimum Gasteiger partial charge on any atom is -0.363 e. The largest absolute Gasteiger partial charge is 0.363 e. The van der Waals surface area contributed by atoms with Crippen molar-refractivity contribution in [2.45, 2.75) is 26.3 Å². The maximum absolute atomic E-state index is 10.9. The van der Waals surface area contributed by atoms with Crippen LogP contribution in [0.2, 0.25) is 5.15 Å². The Hall–Kier alpha value is -1.40. The van der Waals surface area contributed by atoms with Gasteiger partial charge < -0.3 is 10.2 Å². The Balaban J connectivity index is 2.62. The van der Waals surface area contributed by atoms with E-state index >= 15 is 0 Å². The summed E-state index contributed by atoms with van der Waals surface area (Å²) in [5, 5.41) is 14.1. The molecule has 7 heteroatoms. The summed E-state index contributed by atoms with van der Waals surface area (Å²) in [5.41, 5.74) is -0.0596. The van der Waals surface area contributed by atoms with Crippen LogP contribution < -0.4 is 5.32 Å². The first-order valence-corrected chi connectivity index (χ1v) is 6.58. The average molecular weight is 287 g/mol. The topological polar surface area (TPSA) is 71.3 Å². The Morgan fingerprint density at radius 1 is 1.58 bits per heavy atom. The third-order valence-corrected chi connectivity index (χ3v) is 3.35. The van der Waals surface area contributed by atoms with E-state index in [1.165, 1.54) is 12.1 Å². The molecule has 0 radical (unpaired) electrons. The average Bonchev–Trinajstić information content (AvgIpc) is 2.37. The van der Waals surface area contributed by atoms with Crippen LogP contribution in [0.3, 0.4) is 0 Å². The van der Waals surface area contributed by atoms with Crippen LogP contribution in [0.4, 0.5) is 11.5 Å². The van der Waals surface area contributed by atoms with E-state index in [1.54, 1.807) is 0 Å². The monoisotopic (exact) mass is 286 g/mol. The fourth-order valence-corrected chi connectivity index (χ4v) is 1.74. The molecule has 1 aromatic rings. The van der Waals surface area contributed by atoms with Crippen molar-refractivity contribution in [3.63, 3.8) is 0 Å². The zero-order chi connectivity index (χ0) is 14.4. The molecule has 0 aliphatic carbocycles. The van der Waals surface area contributed by atoms with Gasteiger partial charge in [-0.15, -0.1) is 0 Å². The molecule has 1 unspecified atom stereocenters. The van der Waals surface area contributed by atoms with Gasteiger partial charge >= 0.3 is 5.69 Å². The van der Waals surface area contributed by atoms with Crippen molar-refractivity contribution in [2.75, 3.05) is 25.5 Å². The zero-order valence-corrected chi connectivity index (χ0v) is 12.1. The number of pyridine rings is 1. The molecule has 0 aliphatic heterocycles. The second-order valence-corrected chi connectivity index (χ2v) is 4.81. The summed E-state index contributed by atoms with van der Waals surface area (Å²) in [6, 6.07) is 3.25. The Labute approximate surface area is 117 Å². The zero-order valence-electron chi connectivity index (χ0n) is 11.4. The van der Waals surface area contributed by atoms with E-state index in [4.69, 9.17) is 11.6 Å². The quantitative estimate of drug-likeness (QED) is 0.474. The van der Waals surface area contributed by atoms with Gasteiger partial charge in [0, 0.05) is 25.2 Å². The molecule has 6 nitrogen and oxygen atoms in total. The molecule has 1 rings (SSSR count). The second kappa shape index (κ2) is 7.25. The summed E-state index contributed by atoms with van der Waals surface area (Å²) in [6.45, 7) is 5.62. The molecule has 1 N–H and O–H groups in total. The first kappa shape index (κ1) is 15.7. The fourth-order valence-electron chi connectivity index (χ4n) is 1.59. The Bertz CT molecular complexity index is 442. The molecule has 1 aromatic heterocycles. The molecular weight excluding hydrogens is 268 g/mol. The standard InChI is InChI=1S/C12H19ClN4O2/c1-4-9(2)16(3)8-7-14-12-10(17(18)19)5-6-11(13)15-12/h5-6,9H,4,7-8H2,1-3H3,(H,14,15). The number of aromatic nitrogens is 1. The summed E-state index contributed by atoms with van der Waals surface area (Å²) in [7, 11) is 2.02. The molecule has 0 aromatic carbocycles. The highest BCUT2D eigenvalue weighted by molar-refractivity contribution is 6.29. The van der Waals surface area contributed by atoms with Crippen molar-refractivity contribution in [3.8, 4) is 0 Å². The van der Waals surface area contributed by atoms with E-state index in [-0.39, 0.29) is 16.7 Å². The van der Waals surface area contributed by atoms with Crippen LogP contribution in [0, 0.1) is 10.1 Å². The van der Waals surface area contributed by atoms with Gasteiger partial charge in [0.2, 0.25) is 5.82 Å². The van der Waals surface area contributed by atoms with Crippen LogP contribution in [0.15, 0.2) is 12.1 Å². The number of likely N-dealkylation sites (N-methyl/N-ethyl adjacent to an activating group) is 1. The SMILES string of the molecule is CCC(C)N(C)CCNc1nc(Cl)ccc1[N+](=O)[O-]. The van der Waals surface area contributed by atoms with E-state index in [0.29, 0.717) is 12.6 Å². The van der Waals surface area contributed by atoms with Crippen LogP contribution in [0.25, 0.3) is 0 Å². The molecule has 0 saturated carbocycles. The summed E-state index contributed by atoms with van der Waals surface area (Å²) in [6.07, 6.45) is 1.06. The molecule has 0 amide bonds. The van der Waals surface area contributed by atoms with E-state index in [1.807, 2.05) is 7.05 Å². The van der Waals surface area contributed by atoms with Crippen molar-refractivity contribution in [1.82, 2.24) is 9.88 Å². The van der Waals surface area contributed by atoms with Crippen LogP contribution in [0.1, 0.15) is 20.3 Å². The molecule has 106 valence electrons. The lowest BCUT2D eigenvalue weighted by Crippen LogP contribution is -2.32. The van der Waals surface area contributed by atoms with Crippen molar-refractivity contribution in [3.05, 3.63) is 27.4 Å². The maximum Gasteiger partial charge on any atom is 0.311 e. The fraction of sp³-hybridized carbons (Fsp3) is 0.583. The molecule has 19 heavy (non-hydrogen) atoms. The van der Waals surface area contributed by atoms with Gasteiger partial charge in [0.1, 0.15) is 5.15 Å². The predicted molar refractivity (Wildman–Crippen MR) is 76.8 cm³/mol. The number of nitrogens with one attached hydrogen (secondary N) is 1. The molecule has 0 bridgehead atoms. The minimum absolute atomic E-state index is 0.0596. The van der Waals surface area contributed by atoms with Crippen molar-refractivity contribution in [1.29, 1.82) is 0 Å². The van der Waals surface area contributed by atoms with Gasteiger partial charge in [-0.1, -0.05) is 18.5 Å². The lowest BCUT2D eigenvalue weighted by atomic mass is 10.2. The van der Waals surface area contributed by atoms with E-state index in [0.717, 1.165) is 13.0 Å². The van der Waals surface area contributed by atoms with Gasteiger partial charge in [-0.25, -0.2) is 4.98 Å². The van der Waals surface area contributed by atoms with Crippen LogP contribution in [-0.2, 0) is 0 Å². The van der Waals surface area contributed by atoms with Gasteiger partial charge in [0.05, 0.1) is 4.92 Å². The number of nitrogens with zero attached hydrogens (tertiary/aromatic N) is 3. The Kier molecular flexibility index (Phi) is 5.98. The summed E-state index contributed by atoms with van der Waals surface area (Å²) < 4.78 is 0. The van der Waals surface area contributed by atoms with E-state index < -0.39 is 4.92 Å². The molecule has 0 fully saturated rings. The van der Waals surface area contributed by atoms with Gasteiger partial charge in [-0.3, -0.25) is 10.1 Å². The number of anilines is 1. The van der Waals surface area contributed by atoms with Gasteiger partial charge in [-0.2, -0.15) is 0 Å². The molecule has 0 spiro atoms. The van der Waals surface area contributed by atoms with Crippen LogP contribution in [0.5, 0.6) is 0 Å². The van der Waals surface area contributed by atoms with Crippen molar-refractivity contribution < 1.29 is 4.92 Å². The first-order chi connectivity index (χ1) is 8.95. The lowest BCUT2D eigenvalue weighted by molar-refractivity contribution is -0.384. The van der Waals surface area contributed by atoms with Crippen molar-refractivity contribution >= 4 is 23.1 Å². The van der Waals surface area contributed by atoms with Crippen LogP contribution >= 0.6 is 11.6 Å². The molecule has 1 heterocycles. The number of rotatable bonds is 7. The molecule has 1 atom stereocenters. The maximum atomic E-state index is 10.9. The molecule has 0 aliphatic rings. The van der Waals surface area contributed by atoms with Crippen LogP contribution in [-0.4, -0.2) is 41.0 Å². The van der Waals surface area contributed by atoms with E-state index in [2.05, 4.69) is 29.0 Å². The highest BCUT2D eigenvalue weighted by Crippen LogP contribution is 2.23. The number of hydrogen-bond donors (Lipinski definition) is 1. The van der Waals surface area contributed by atoms with Crippen molar-refractivity contribution in [2.24, 2.45) is 0 Å². The Morgan fingerprint density at radius 2 is 2.26 bits per heavy atom. The molecule has 0 saturated heterocycles. The highest BCUT2D eigenvalue weighted by atomic mass is 35.5. The smallest absolute Gasteiger partial charge is 0.311 e. The normalized spacial score (nSPS) is 12.5. The Morgan fingerprint density at radius 3 is 2.84 bits per heavy atom. The highest BCUT2D eigenvalue weighted by Gasteiger charge is 2.15. The number of halogens is 1. The minimum atomic E-state index is -0.468. The summed E-state index contributed by atoms with van der Waals surface area (Å²) in [4.78, 5) is 16.5. The van der Waals surface area contributed by atoms with Gasteiger partial charge in [-0.05, 0) is 26.5 Å². The third-order valence-electron chi connectivity index (χ3n) is 3.14. The summed E-state index contributed by atoms with van der Waals surface area (Å²) >= 11 is 5.75. The first-order valence-electron chi connectivity index (χ1n) is 6.20. The summed E-state index contributed by atoms with van der Waals surface area (Å²) in [5.74, 6) is 0.218. The third kappa shape index (κ3) is 4.65. The van der Waals surface area contributed by atoms with Gasteiger partial charge in [0.15, 0.2) is 0 Å². The van der Waals surface area contributed by atoms with E-state index in [9.17, 15) is 10.1 Å². The number of nitro groups is 1.